The molecule has 0 amide bonds. The maximum atomic E-state index is 12.9. The molecule has 6 nitrogen and oxygen atoms in total. The molecule has 0 rings (SSSR count). The molecule has 0 aliphatic rings. The van der Waals surface area contributed by atoms with E-state index in [0.29, 0.717) is 19.3 Å². The van der Waals surface area contributed by atoms with Gasteiger partial charge in [-0.2, -0.15) is 0 Å². The number of esters is 3. The molecule has 0 spiro atoms. The van der Waals surface area contributed by atoms with E-state index in [1.54, 1.807) is 0 Å². The van der Waals surface area contributed by atoms with Crippen molar-refractivity contribution in [3.8, 4) is 0 Å². The highest BCUT2D eigenvalue weighted by atomic mass is 16.6. The monoisotopic (exact) mass is 1160 g/mol. The molecule has 1 atom stereocenters. The second-order valence-corrected chi connectivity index (χ2v) is 23.8. The number of carbonyl (C=O) groups is 3. The zero-order chi connectivity index (χ0) is 59.9. The van der Waals surface area contributed by atoms with E-state index < -0.39 is 6.10 Å². The lowest BCUT2D eigenvalue weighted by Crippen LogP contribution is -2.30. The molecule has 0 aromatic heterocycles. The summed E-state index contributed by atoms with van der Waals surface area (Å²) in [5, 5.41) is 0. The predicted molar refractivity (Wildman–Crippen MR) is 362 cm³/mol. The van der Waals surface area contributed by atoms with Gasteiger partial charge in [-0.15, -0.1) is 0 Å². The summed E-state index contributed by atoms with van der Waals surface area (Å²) in [6.07, 6.45) is 96.0. The molecule has 0 bridgehead atoms. The van der Waals surface area contributed by atoms with Crippen LogP contribution in [-0.2, 0) is 28.6 Å². The summed E-state index contributed by atoms with van der Waals surface area (Å²) in [6.45, 7) is 6.54. The maximum Gasteiger partial charge on any atom is 0.306 e. The molecule has 0 aliphatic carbocycles. The Labute approximate surface area is 515 Å². The van der Waals surface area contributed by atoms with Crippen molar-refractivity contribution in [2.75, 3.05) is 13.2 Å². The lowest BCUT2D eigenvalue weighted by molar-refractivity contribution is -0.167. The van der Waals surface area contributed by atoms with E-state index in [1.807, 2.05) is 0 Å². The van der Waals surface area contributed by atoms with Gasteiger partial charge in [0.05, 0.1) is 0 Å². The molecule has 0 fully saturated rings. The predicted octanol–water partition coefficient (Wildman–Crippen LogP) is 24.8. The van der Waals surface area contributed by atoms with Crippen LogP contribution in [0.1, 0.15) is 355 Å². The van der Waals surface area contributed by atoms with Gasteiger partial charge in [0, 0.05) is 19.3 Å². The van der Waals surface area contributed by atoms with Crippen molar-refractivity contribution in [2.24, 2.45) is 0 Å². The summed E-state index contributed by atoms with van der Waals surface area (Å²) >= 11 is 0. The van der Waals surface area contributed by atoms with Crippen LogP contribution in [0.25, 0.3) is 0 Å². The molecular formula is C77H134O6. The van der Waals surface area contributed by atoms with E-state index in [0.717, 1.165) is 109 Å². The van der Waals surface area contributed by atoms with Gasteiger partial charge >= 0.3 is 17.9 Å². The van der Waals surface area contributed by atoms with E-state index in [-0.39, 0.29) is 31.1 Å². The van der Waals surface area contributed by atoms with Crippen LogP contribution < -0.4 is 0 Å². The van der Waals surface area contributed by atoms with Crippen molar-refractivity contribution < 1.29 is 28.6 Å². The highest BCUT2D eigenvalue weighted by Crippen LogP contribution is 2.18. The molecule has 0 saturated carbocycles. The number of allylic oxidation sites excluding steroid dienone is 16. The van der Waals surface area contributed by atoms with Crippen molar-refractivity contribution in [1.82, 2.24) is 0 Å². The smallest absolute Gasteiger partial charge is 0.306 e. The highest BCUT2D eigenvalue weighted by molar-refractivity contribution is 5.71. The Hall–Kier alpha value is -3.67. The first-order valence-electron chi connectivity index (χ1n) is 35.7. The SMILES string of the molecule is CC/C=C\C/C=C\C/C=C\C/C=C\C/C=C\C/C=C\C/C=C\C/C=C\CCCCCCCCCCCCC(=O)OCC(COC(=O)CCCCCCCCCC)OC(=O)CCCCCCCCCCCCCCCCCCCCCCCC. The molecule has 6 heteroatoms. The van der Waals surface area contributed by atoms with Gasteiger partial charge < -0.3 is 14.2 Å². The van der Waals surface area contributed by atoms with Crippen LogP contribution in [0.2, 0.25) is 0 Å². The van der Waals surface area contributed by atoms with Gasteiger partial charge in [0.2, 0.25) is 0 Å². The normalized spacial score (nSPS) is 12.7. The van der Waals surface area contributed by atoms with Crippen LogP contribution in [-0.4, -0.2) is 37.2 Å². The first-order valence-corrected chi connectivity index (χ1v) is 35.7. The Kier molecular flexibility index (Phi) is 67.7. The van der Waals surface area contributed by atoms with Crippen LogP contribution >= 0.6 is 0 Å². The molecule has 0 aromatic carbocycles. The van der Waals surface area contributed by atoms with Crippen LogP contribution in [0.4, 0.5) is 0 Å². The van der Waals surface area contributed by atoms with E-state index in [9.17, 15) is 14.4 Å². The van der Waals surface area contributed by atoms with Crippen molar-refractivity contribution in [1.29, 1.82) is 0 Å². The highest BCUT2D eigenvalue weighted by Gasteiger charge is 2.19. The number of rotatable bonds is 65. The van der Waals surface area contributed by atoms with E-state index in [1.165, 1.54) is 205 Å². The minimum atomic E-state index is -0.775. The summed E-state index contributed by atoms with van der Waals surface area (Å²) in [5.41, 5.74) is 0. The molecule has 1 unspecified atom stereocenters. The lowest BCUT2D eigenvalue weighted by atomic mass is 10.0. The molecule has 0 aliphatic heterocycles. The first kappa shape index (κ1) is 79.3. The molecular weight excluding hydrogens is 1020 g/mol. The Morgan fingerprint density at radius 2 is 0.470 bits per heavy atom. The molecule has 0 N–H and O–H groups in total. The van der Waals surface area contributed by atoms with Crippen molar-refractivity contribution in [3.63, 3.8) is 0 Å². The van der Waals surface area contributed by atoms with Gasteiger partial charge in [-0.1, -0.05) is 349 Å². The third-order valence-corrected chi connectivity index (χ3v) is 15.6. The zero-order valence-corrected chi connectivity index (χ0v) is 54.9. The fourth-order valence-corrected chi connectivity index (χ4v) is 10.3. The minimum absolute atomic E-state index is 0.0730. The second kappa shape index (κ2) is 70.8. The Bertz CT molecular complexity index is 1610. The van der Waals surface area contributed by atoms with Gasteiger partial charge in [0.1, 0.15) is 13.2 Å². The largest absolute Gasteiger partial charge is 0.462 e. The van der Waals surface area contributed by atoms with Gasteiger partial charge in [-0.3, -0.25) is 14.4 Å². The van der Waals surface area contributed by atoms with Gasteiger partial charge in [0.15, 0.2) is 6.10 Å². The fraction of sp³-hybridized carbons (Fsp3) is 0.753. The standard InChI is InChI=1S/C77H134O6/c1-4-7-10-13-16-19-21-23-25-27-29-31-33-34-35-36-37-38-39-40-41-42-43-44-45-47-48-50-52-54-56-58-61-64-67-70-76(79)82-73-74(72-81-75(78)69-66-63-60-18-15-12-9-6-3)83-77(80)71-68-65-62-59-57-55-53-51-49-46-32-30-28-26-24-22-20-17-14-11-8-5-2/h7,10,16,19,23,25,29,31,34-35,37-38,40-41,43-44,74H,4-6,8-9,11-15,17-18,20-22,24,26-28,30,32-33,36,39,42,45-73H2,1-3H3/b10-7-,19-16-,25-23-,31-29-,35-34-,38-37-,41-40-,44-43-. The molecule has 478 valence electrons. The molecule has 0 aromatic rings. The van der Waals surface area contributed by atoms with Crippen LogP contribution in [0, 0.1) is 0 Å². The summed E-state index contributed by atoms with van der Waals surface area (Å²) in [6, 6.07) is 0. The molecule has 0 radical (unpaired) electrons. The van der Waals surface area contributed by atoms with Gasteiger partial charge in [0.25, 0.3) is 0 Å². The number of hydrogen-bond acceptors (Lipinski definition) is 6. The summed E-state index contributed by atoms with van der Waals surface area (Å²) in [4.78, 5) is 38.2. The molecule has 83 heavy (non-hydrogen) atoms. The topological polar surface area (TPSA) is 78.9 Å². The van der Waals surface area contributed by atoms with Crippen molar-refractivity contribution in [2.45, 2.75) is 361 Å². The van der Waals surface area contributed by atoms with Gasteiger partial charge in [-0.05, 0) is 83.5 Å². The third-order valence-electron chi connectivity index (χ3n) is 15.6. The van der Waals surface area contributed by atoms with E-state index in [2.05, 4.69) is 118 Å². The van der Waals surface area contributed by atoms with E-state index >= 15 is 0 Å². The Morgan fingerprint density at radius 1 is 0.253 bits per heavy atom. The lowest BCUT2D eigenvalue weighted by Gasteiger charge is -2.18. The van der Waals surface area contributed by atoms with Crippen LogP contribution in [0.15, 0.2) is 97.2 Å². The number of ether oxygens (including phenoxy) is 3. The van der Waals surface area contributed by atoms with Gasteiger partial charge in [-0.25, -0.2) is 0 Å². The summed E-state index contributed by atoms with van der Waals surface area (Å²) < 4.78 is 16.9. The average Bonchev–Trinajstić information content (AvgIpc) is 3.49. The summed E-state index contributed by atoms with van der Waals surface area (Å²) in [7, 11) is 0. The first-order chi connectivity index (χ1) is 41.0. The van der Waals surface area contributed by atoms with Crippen molar-refractivity contribution >= 4 is 17.9 Å². The quantitative estimate of drug-likeness (QED) is 0.0261. The van der Waals surface area contributed by atoms with Crippen LogP contribution in [0.5, 0.6) is 0 Å². The van der Waals surface area contributed by atoms with E-state index in [4.69, 9.17) is 14.2 Å². The maximum absolute atomic E-state index is 12.9. The van der Waals surface area contributed by atoms with Crippen LogP contribution in [0.3, 0.4) is 0 Å². The Morgan fingerprint density at radius 3 is 0.735 bits per heavy atom. The Balaban J connectivity index is 4.10. The third kappa shape index (κ3) is 69.0. The molecule has 0 saturated heterocycles. The molecule has 0 heterocycles. The average molecular weight is 1160 g/mol. The second-order valence-electron chi connectivity index (χ2n) is 23.8. The fourth-order valence-electron chi connectivity index (χ4n) is 10.3. The minimum Gasteiger partial charge on any atom is -0.462 e. The van der Waals surface area contributed by atoms with Crippen molar-refractivity contribution in [3.05, 3.63) is 97.2 Å². The summed E-state index contributed by atoms with van der Waals surface area (Å²) in [5.74, 6) is -0.864. The number of carbonyl (C=O) groups excluding carboxylic acids is 3. The zero-order valence-electron chi connectivity index (χ0n) is 54.9. The number of hydrogen-bond donors (Lipinski definition) is 0. The number of unbranched alkanes of at least 4 members (excludes halogenated alkanes) is 38.